The van der Waals surface area contributed by atoms with E-state index in [0.29, 0.717) is 18.7 Å². The Kier molecular flexibility index (Phi) is 6.17. The number of aryl methyl sites for hydroxylation is 2. The van der Waals surface area contributed by atoms with Crippen molar-refractivity contribution in [3.8, 4) is 0 Å². The van der Waals surface area contributed by atoms with Gasteiger partial charge in [-0.25, -0.2) is 0 Å². The van der Waals surface area contributed by atoms with Crippen LogP contribution in [-0.2, 0) is 24.2 Å². The van der Waals surface area contributed by atoms with E-state index in [1.54, 1.807) is 0 Å². The van der Waals surface area contributed by atoms with E-state index in [-0.39, 0.29) is 11.9 Å². The maximum Gasteiger partial charge on any atom is 0.227 e. The molecule has 1 aromatic heterocycles. The number of benzene rings is 1. The summed E-state index contributed by atoms with van der Waals surface area (Å²) in [6.45, 7) is 4.94. The van der Waals surface area contributed by atoms with Gasteiger partial charge in [-0.2, -0.15) is 4.98 Å². The molecule has 25 heavy (non-hydrogen) atoms. The van der Waals surface area contributed by atoms with E-state index in [1.165, 1.54) is 5.56 Å². The standard InChI is InChI=1S/C19H26N4O2/c1-2-6-17-21-19(25-22-17)10-9-18(24)20-16-11-12-23(14-16)13-15-7-4-3-5-8-15/h3-5,7-8,16H,2,6,9-14H2,1H3,(H,20,24)/t16-/m0/s1. The molecule has 3 rings (SSSR count). The number of carbonyl (C=O) groups excluding carboxylic acids is 1. The molecule has 0 spiro atoms. The minimum absolute atomic E-state index is 0.0572. The molecule has 1 fully saturated rings. The van der Waals surface area contributed by atoms with Gasteiger partial charge in [0, 0.05) is 44.9 Å². The van der Waals surface area contributed by atoms with Gasteiger partial charge in [-0.05, 0) is 18.4 Å². The summed E-state index contributed by atoms with van der Waals surface area (Å²) in [7, 11) is 0. The van der Waals surface area contributed by atoms with Crippen molar-refractivity contribution in [3.63, 3.8) is 0 Å². The molecule has 1 aromatic carbocycles. The highest BCUT2D eigenvalue weighted by Crippen LogP contribution is 2.13. The summed E-state index contributed by atoms with van der Waals surface area (Å²) in [6.07, 6.45) is 3.70. The summed E-state index contributed by atoms with van der Waals surface area (Å²) in [5.74, 6) is 1.34. The van der Waals surface area contributed by atoms with Crippen molar-refractivity contribution in [2.24, 2.45) is 0 Å². The fraction of sp³-hybridized carbons (Fsp3) is 0.526. The second-order valence-electron chi connectivity index (χ2n) is 6.63. The normalized spacial score (nSPS) is 17.7. The lowest BCUT2D eigenvalue weighted by Gasteiger charge is -2.16. The molecule has 1 N–H and O–H groups in total. The van der Waals surface area contributed by atoms with Gasteiger partial charge in [-0.15, -0.1) is 0 Å². The second kappa shape index (κ2) is 8.76. The topological polar surface area (TPSA) is 71.3 Å². The molecule has 0 aliphatic carbocycles. The molecule has 6 heteroatoms. The number of nitrogens with one attached hydrogen (secondary N) is 1. The predicted octanol–water partition coefficient (Wildman–Crippen LogP) is 2.35. The molecule has 2 heterocycles. The van der Waals surface area contributed by atoms with E-state index in [9.17, 15) is 4.79 Å². The van der Waals surface area contributed by atoms with Crippen LogP contribution in [0.2, 0.25) is 0 Å². The van der Waals surface area contributed by atoms with Crippen LogP contribution in [0.25, 0.3) is 0 Å². The maximum absolute atomic E-state index is 12.2. The molecule has 1 aliphatic heterocycles. The number of rotatable bonds is 8. The quantitative estimate of drug-likeness (QED) is 0.797. The Morgan fingerprint density at radius 2 is 2.16 bits per heavy atom. The molecule has 0 radical (unpaired) electrons. The van der Waals surface area contributed by atoms with Gasteiger partial charge in [0.1, 0.15) is 0 Å². The van der Waals surface area contributed by atoms with Crippen LogP contribution in [0.4, 0.5) is 0 Å². The summed E-state index contributed by atoms with van der Waals surface area (Å²) in [5, 5.41) is 7.04. The van der Waals surface area contributed by atoms with E-state index in [4.69, 9.17) is 4.52 Å². The third-order valence-electron chi connectivity index (χ3n) is 4.44. The fourth-order valence-electron chi connectivity index (χ4n) is 3.17. The minimum atomic E-state index is 0.0572. The van der Waals surface area contributed by atoms with Gasteiger partial charge < -0.3 is 9.84 Å². The highest BCUT2D eigenvalue weighted by molar-refractivity contribution is 5.76. The summed E-state index contributed by atoms with van der Waals surface area (Å²) in [4.78, 5) is 18.8. The number of nitrogens with zero attached hydrogens (tertiary/aromatic N) is 3. The van der Waals surface area contributed by atoms with Crippen LogP contribution in [0.3, 0.4) is 0 Å². The van der Waals surface area contributed by atoms with Crippen LogP contribution in [0, 0.1) is 0 Å². The van der Waals surface area contributed by atoms with E-state index in [1.807, 2.05) is 6.07 Å². The summed E-state index contributed by atoms with van der Waals surface area (Å²) in [6, 6.07) is 10.7. The van der Waals surface area contributed by atoms with Crippen LogP contribution in [0.5, 0.6) is 0 Å². The first-order chi connectivity index (χ1) is 12.2. The lowest BCUT2D eigenvalue weighted by atomic mass is 10.2. The summed E-state index contributed by atoms with van der Waals surface area (Å²) in [5.41, 5.74) is 1.31. The fourth-order valence-corrected chi connectivity index (χ4v) is 3.17. The van der Waals surface area contributed by atoms with Gasteiger partial charge in [0.05, 0.1) is 0 Å². The minimum Gasteiger partial charge on any atom is -0.352 e. The Morgan fingerprint density at radius 1 is 1.32 bits per heavy atom. The smallest absolute Gasteiger partial charge is 0.227 e. The first kappa shape index (κ1) is 17.6. The third-order valence-corrected chi connectivity index (χ3v) is 4.44. The molecule has 134 valence electrons. The van der Waals surface area contributed by atoms with Crippen molar-refractivity contribution in [1.82, 2.24) is 20.4 Å². The SMILES string of the molecule is CCCc1noc(CCC(=O)N[C@H]2CCN(Cc3ccccc3)C2)n1. The average Bonchev–Trinajstić information content (AvgIpc) is 3.24. The monoisotopic (exact) mass is 342 g/mol. The third kappa shape index (κ3) is 5.39. The molecule has 1 atom stereocenters. The Labute approximate surface area is 148 Å². The molecular formula is C19H26N4O2. The highest BCUT2D eigenvalue weighted by atomic mass is 16.5. The van der Waals surface area contributed by atoms with Gasteiger partial charge in [0.2, 0.25) is 11.8 Å². The largest absolute Gasteiger partial charge is 0.352 e. The van der Waals surface area contributed by atoms with E-state index >= 15 is 0 Å². The van der Waals surface area contributed by atoms with Crippen molar-refractivity contribution >= 4 is 5.91 Å². The van der Waals surface area contributed by atoms with Crippen molar-refractivity contribution in [1.29, 1.82) is 0 Å². The number of carbonyl (C=O) groups is 1. The second-order valence-corrected chi connectivity index (χ2v) is 6.63. The van der Waals surface area contributed by atoms with Gasteiger partial charge in [-0.1, -0.05) is 42.4 Å². The Bertz CT molecular complexity index is 671. The lowest BCUT2D eigenvalue weighted by molar-refractivity contribution is -0.121. The van der Waals surface area contributed by atoms with Crippen LogP contribution in [0.15, 0.2) is 34.9 Å². The molecule has 1 amide bonds. The Hall–Kier alpha value is -2.21. The zero-order valence-electron chi connectivity index (χ0n) is 14.8. The van der Waals surface area contributed by atoms with E-state index in [0.717, 1.165) is 44.7 Å². The van der Waals surface area contributed by atoms with Gasteiger partial charge in [-0.3, -0.25) is 9.69 Å². The first-order valence-electron chi connectivity index (χ1n) is 9.10. The zero-order chi connectivity index (χ0) is 17.5. The summed E-state index contributed by atoms with van der Waals surface area (Å²) < 4.78 is 5.17. The number of hydrogen-bond acceptors (Lipinski definition) is 5. The predicted molar refractivity (Wildman–Crippen MR) is 94.9 cm³/mol. The maximum atomic E-state index is 12.2. The van der Waals surface area contributed by atoms with Crippen LogP contribution in [0.1, 0.15) is 43.5 Å². The molecule has 2 aromatic rings. The highest BCUT2D eigenvalue weighted by Gasteiger charge is 2.23. The Balaban J connectivity index is 1.38. The van der Waals surface area contributed by atoms with Crippen molar-refractivity contribution in [3.05, 3.63) is 47.6 Å². The first-order valence-corrected chi connectivity index (χ1v) is 9.10. The number of aromatic nitrogens is 2. The van der Waals surface area contributed by atoms with E-state index < -0.39 is 0 Å². The molecule has 0 unspecified atom stereocenters. The van der Waals surface area contributed by atoms with Crippen LogP contribution >= 0.6 is 0 Å². The van der Waals surface area contributed by atoms with Gasteiger partial charge in [0.15, 0.2) is 5.82 Å². The molecule has 6 nitrogen and oxygen atoms in total. The van der Waals surface area contributed by atoms with E-state index in [2.05, 4.69) is 51.5 Å². The molecule has 1 saturated heterocycles. The Morgan fingerprint density at radius 3 is 2.96 bits per heavy atom. The van der Waals surface area contributed by atoms with Crippen molar-refractivity contribution < 1.29 is 9.32 Å². The van der Waals surface area contributed by atoms with Gasteiger partial charge >= 0.3 is 0 Å². The number of likely N-dealkylation sites (tertiary alicyclic amines) is 1. The summed E-state index contributed by atoms with van der Waals surface area (Å²) >= 11 is 0. The zero-order valence-corrected chi connectivity index (χ0v) is 14.8. The van der Waals surface area contributed by atoms with Crippen molar-refractivity contribution in [2.75, 3.05) is 13.1 Å². The number of amides is 1. The van der Waals surface area contributed by atoms with Crippen molar-refractivity contribution in [2.45, 2.75) is 51.6 Å². The van der Waals surface area contributed by atoms with Gasteiger partial charge in [0.25, 0.3) is 0 Å². The van der Waals surface area contributed by atoms with Crippen LogP contribution in [-0.4, -0.2) is 40.1 Å². The molecule has 1 aliphatic rings. The molecule has 0 bridgehead atoms. The van der Waals surface area contributed by atoms with Crippen LogP contribution < -0.4 is 5.32 Å². The molecular weight excluding hydrogens is 316 g/mol. The number of hydrogen-bond donors (Lipinski definition) is 1. The average molecular weight is 342 g/mol. The molecule has 0 saturated carbocycles. The lowest BCUT2D eigenvalue weighted by Crippen LogP contribution is -2.37.